The van der Waals surface area contributed by atoms with Gasteiger partial charge in [-0.3, -0.25) is 15.1 Å². The van der Waals surface area contributed by atoms with Crippen LogP contribution < -0.4 is 4.74 Å². The number of H-pyrrole nitrogens is 2. The zero-order valence-electron chi connectivity index (χ0n) is 21.7. The molecule has 0 amide bonds. The van der Waals surface area contributed by atoms with Crippen LogP contribution in [0.25, 0.3) is 27.9 Å². The zero-order chi connectivity index (χ0) is 26.3. The lowest BCUT2D eigenvalue weighted by molar-refractivity contribution is 0.192. The van der Waals surface area contributed by atoms with E-state index in [1.807, 2.05) is 30.5 Å². The maximum atomic E-state index is 14.5. The van der Waals surface area contributed by atoms with Gasteiger partial charge in [-0.2, -0.15) is 10.2 Å². The standard InChI is InChI=1S/C30H29FN6O2/c1-38-27-6-2-5-25(31)24(27)16-37-12-3-4-19(15-37)30-32-29(35-36-30)18-8-10-26-23(14-18)28(34-33-26)22-9-7-20-17-39-13-11-21(20)22/h2,5-6,8,10-11,13-14,17,19H,3-4,7,9,12,15-16H2,1H3,(H,33,34)(H,32,35,36)/t19-/m1/s1. The van der Waals surface area contributed by atoms with Gasteiger partial charge in [0, 0.05) is 35.5 Å². The van der Waals surface area contributed by atoms with E-state index in [9.17, 15) is 4.39 Å². The number of piperidine rings is 1. The number of hydrogen-bond donors (Lipinski definition) is 2. The molecular weight excluding hydrogens is 495 g/mol. The summed E-state index contributed by atoms with van der Waals surface area (Å²) in [5, 5.41) is 16.7. The van der Waals surface area contributed by atoms with Crippen molar-refractivity contribution in [3.05, 3.63) is 89.0 Å². The first-order valence-electron chi connectivity index (χ1n) is 13.4. The van der Waals surface area contributed by atoms with E-state index < -0.39 is 0 Å². The average molecular weight is 525 g/mol. The Bertz CT molecular complexity index is 1650. The maximum Gasteiger partial charge on any atom is 0.181 e. The van der Waals surface area contributed by atoms with Gasteiger partial charge in [0.15, 0.2) is 5.82 Å². The SMILES string of the molecule is COc1cccc(F)c1CN1CCC[C@@H](c2nc(-c3ccc4[nH]nc(C5=C6C=COC=C6CC5)c4c3)n[nH]2)C1. The molecule has 8 nitrogen and oxygen atoms in total. The number of rotatable bonds is 6. The molecule has 4 aromatic rings. The van der Waals surface area contributed by atoms with Crippen LogP contribution in [-0.2, 0) is 11.3 Å². The summed E-state index contributed by atoms with van der Waals surface area (Å²) < 4.78 is 25.3. The summed E-state index contributed by atoms with van der Waals surface area (Å²) in [5.41, 5.74) is 7.15. The predicted molar refractivity (Wildman–Crippen MR) is 146 cm³/mol. The Labute approximate surface area is 225 Å². The van der Waals surface area contributed by atoms with Crippen molar-refractivity contribution in [2.75, 3.05) is 20.2 Å². The van der Waals surface area contributed by atoms with Crippen LogP contribution in [0.3, 0.4) is 0 Å². The first-order chi connectivity index (χ1) is 19.2. The van der Waals surface area contributed by atoms with Gasteiger partial charge in [-0.1, -0.05) is 6.07 Å². The highest BCUT2D eigenvalue weighted by molar-refractivity contribution is 5.95. The molecular formula is C30H29FN6O2. The van der Waals surface area contributed by atoms with Gasteiger partial charge in [0.05, 0.1) is 30.8 Å². The number of aromatic amines is 2. The van der Waals surface area contributed by atoms with Gasteiger partial charge >= 0.3 is 0 Å². The van der Waals surface area contributed by atoms with E-state index in [1.165, 1.54) is 22.8 Å². The van der Waals surface area contributed by atoms with Crippen LogP contribution in [-0.4, -0.2) is 50.5 Å². The number of methoxy groups -OCH3 is 1. The first-order valence-corrected chi connectivity index (χ1v) is 13.4. The number of fused-ring (bicyclic) bond motifs is 2. The van der Waals surface area contributed by atoms with Crippen molar-refractivity contribution in [1.29, 1.82) is 0 Å². The predicted octanol–water partition coefficient (Wildman–Crippen LogP) is 5.85. The Morgan fingerprint density at radius 2 is 2.10 bits per heavy atom. The molecule has 1 saturated heterocycles. The fourth-order valence-corrected chi connectivity index (χ4v) is 6.03. The van der Waals surface area contributed by atoms with Crippen LogP contribution >= 0.6 is 0 Å². The highest BCUT2D eigenvalue weighted by Crippen LogP contribution is 2.41. The molecule has 9 heteroatoms. The summed E-state index contributed by atoms with van der Waals surface area (Å²) in [6.45, 7) is 2.19. The third kappa shape index (κ3) is 4.32. The molecule has 3 aliphatic rings. The summed E-state index contributed by atoms with van der Waals surface area (Å²) in [4.78, 5) is 7.18. The van der Waals surface area contributed by atoms with Crippen molar-refractivity contribution < 1.29 is 13.9 Å². The van der Waals surface area contributed by atoms with Crippen LogP contribution in [0.4, 0.5) is 4.39 Å². The summed E-state index contributed by atoms with van der Waals surface area (Å²) in [7, 11) is 1.58. The van der Waals surface area contributed by atoms with Gasteiger partial charge in [-0.25, -0.2) is 9.37 Å². The van der Waals surface area contributed by atoms with Crippen molar-refractivity contribution >= 4 is 16.5 Å². The molecule has 39 heavy (non-hydrogen) atoms. The average Bonchev–Trinajstić information content (AvgIpc) is 3.72. The number of likely N-dealkylation sites (tertiary alicyclic amines) is 1. The summed E-state index contributed by atoms with van der Waals surface area (Å²) in [6.07, 6.45) is 9.48. The highest BCUT2D eigenvalue weighted by atomic mass is 19.1. The second-order valence-corrected chi connectivity index (χ2v) is 10.3. The summed E-state index contributed by atoms with van der Waals surface area (Å²) in [6, 6.07) is 11.2. The molecule has 2 aromatic carbocycles. The van der Waals surface area contributed by atoms with E-state index in [-0.39, 0.29) is 11.7 Å². The molecule has 4 heterocycles. The van der Waals surface area contributed by atoms with Crippen molar-refractivity contribution in [1.82, 2.24) is 30.3 Å². The van der Waals surface area contributed by atoms with E-state index in [1.54, 1.807) is 19.4 Å². The maximum absolute atomic E-state index is 14.5. The van der Waals surface area contributed by atoms with Crippen LogP contribution in [0.1, 0.15) is 48.7 Å². The first kappa shape index (κ1) is 23.8. The Morgan fingerprint density at radius 1 is 1.15 bits per heavy atom. The van der Waals surface area contributed by atoms with E-state index in [2.05, 4.69) is 31.4 Å². The van der Waals surface area contributed by atoms with Crippen molar-refractivity contribution in [3.8, 4) is 17.1 Å². The molecule has 1 fully saturated rings. The number of nitrogens with zero attached hydrogens (tertiary/aromatic N) is 4. The number of ether oxygens (including phenoxy) is 2. The fourth-order valence-electron chi connectivity index (χ4n) is 6.03. The van der Waals surface area contributed by atoms with E-state index in [0.29, 0.717) is 23.7 Å². The second-order valence-electron chi connectivity index (χ2n) is 10.3. The molecule has 7 rings (SSSR count). The summed E-state index contributed by atoms with van der Waals surface area (Å²) in [5.74, 6) is 2.08. The van der Waals surface area contributed by atoms with E-state index >= 15 is 0 Å². The molecule has 0 spiro atoms. The Hall–Kier alpha value is -4.24. The topological polar surface area (TPSA) is 91.9 Å². The van der Waals surface area contributed by atoms with E-state index in [4.69, 9.17) is 14.5 Å². The molecule has 1 atom stereocenters. The third-order valence-corrected chi connectivity index (χ3v) is 8.02. The molecule has 0 saturated carbocycles. The Morgan fingerprint density at radius 3 is 3.03 bits per heavy atom. The Balaban J connectivity index is 1.13. The van der Waals surface area contributed by atoms with Gasteiger partial charge < -0.3 is 9.47 Å². The van der Waals surface area contributed by atoms with Gasteiger partial charge in [-0.05, 0) is 85.4 Å². The van der Waals surface area contributed by atoms with Crippen LogP contribution in [0.2, 0.25) is 0 Å². The van der Waals surface area contributed by atoms with Crippen molar-refractivity contribution in [2.45, 2.75) is 38.1 Å². The van der Waals surface area contributed by atoms with Gasteiger partial charge in [0.25, 0.3) is 0 Å². The van der Waals surface area contributed by atoms with Crippen molar-refractivity contribution in [2.24, 2.45) is 0 Å². The monoisotopic (exact) mass is 524 g/mol. The van der Waals surface area contributed by atoms with Crippen molar-refractivity contribution in [3.63, 3.8) is 0 Å². The fraction of sp³-hybridized carbons (Fsp3) is 0.300. The lowest BCUT2D eigenvalue weighted by atomic mass is 9.96. The molecule has 198 valence electrons. The quantitative estimate of drug-likeness (QED) is 0.329. The van der Waals surface area contributed by atoms with Gasteiger partial charge in [-0.15, -0.1) is 0 Å². The minimum atomic E-state index is -0.235. The minimum absolute atomic E-state index is 0.196. The molecule has 0 unspecified atom stereocenters. The number of benzene rings is 2. The molecule has 1 aliphatic carbocycles. The number of halogens is 1. The molecule has 2 aliphatic heterocycles. The Kier molecular flexibility index (Phi) is 6.00. The number of allylic oxidation sites excluding steroid dienone is 4. The zero-order valence-corrected chi connectivity index (χ0v) is 21.7. The van der Waals surface area contributed by atoms with E-state index in [0.717, 1.165) is 66.8 Å². The van der Waals surface area contributed by atoms with Gasteiger partial charge in [0.2, 0.25) is 0 Å². The van der Waals surface area contributed by atoms with Gasteiger partial charge in [0.1, 0.15) is 17.4 Å². The lowest BCUT2D eigenvalue weighted by Gasteiger charge is -2.32. The van der Waals surface area contributed by atoms with Crippen LogP contribution in [0.15, 0.2) is 66.1 Å². The third-order valence-electron chi connectivity index (χ3n) is 8.02. The number of nitrogens with one attached hydrogen (secondary N) is 2. The normalized spacial score (nSPS) is 19.3. The largest absolute Gasteiger partial charge is 0.496 e. The summed E-state index contributed by atoms with van der Waals surface area (Å²) >= 11 is 0. The van der Waals surface area contributed by atoms with Crippen LogP contribution in [0.5, 0.6) is 5.75 Å². The second kappa shape index (κ2) is 9.81. The minimum Gasteiger partial charge on any atom is -0.496 e. The number of hydrogen-bond acceptors (Lipinski definition) is 6. The highest BCUT2D eigenvalue weighted by Gasteiger charge is 2.27. The molecule has 2 aromatic heterocycles. The van der Waals surface area contributed by atoms with Crippen LogP contribution in [0, 0.1) is 5.82 Å². The molecule has 0 bridgehead atoms. The smallest absolute Gasteiger partial charge is 0.181 e. The number of aromatic nitrogens is 5. The lowest BCUT2D eigenvalue weighted by Crippen LogP contribution is -2.34. The molecule has 0 radical (unpaired) electrons. The molecule has 2 N–H and O–H groups in total.